The molecular formula is C16H27FN2. The van der Waals surface area contributed by atoms with Gasteiger partial charge in [0.1, 0.15) is 5.82 Å². The van der Waals surface area contributed by atoms with E-state index in [1.54, 1.807) is 0 Å². The lowest BCUT2D eigenvalue weighted by Crippen LogP contribution is -2.38. The van der Waals surface area contributed by atoms with E-state index < -0.39 is 0 Å². The third kappa shape index (κ3) is 6.17. The number of hydrogen-bond acceptors (Lipinski definition) is 2. The van der Waals surface area contributed by atoms with E-state index in [4.69, 9.17) is 5.84 Å². The molecule has 1 rings (SSSR count). The van der Waals surface area contributed by atoms with Crippen LogP contribution in [0.3, 0.4) is 0 Å². The lowest BCUT2D eigenvalue weighted by Gasteiger charge is -2.22. The predicted octanol–water partition coefficient (Wildman–Crippen LogP) is 3.81. The molecule has 3 N–H and O–H groups in total. The van der Waals surface area contributed by atoms with Gasteiger partial charge >= 0.3 is 0 Å². The number of hydrazine groups is 1. The zero-order valence-corrected chi connectivity index (χ0v) is 12.2. The molecule has 19 heavy (non-hydrogen) atoms. The van der Waals surface area contributed by atoms with E-state index in [1.807, 2.05) is 12.1 Å². The molecule has 1 aromatic rings. The molecule has 0 fully saturated rings. The number of hydrogen-bond donors (Lipinski definition) is 2. The van der Waals surface area contributed by atoms with Gasteiger partial charge in [-0.25, -0.2) is 4.39 Å². The van der Waals surface area contributed by atoms with E-state index in [0.717, 1.165) is 24.3 Å². The molecule has 2 unspecified atom stereocenters. The predicted molar refractivity (Wildman–Crippen MR) is 79.1 cm³/mol. The summed E-state index contributed by atoms with van der Waals surface area (Å²) >= 11 is 0. The zero-order valence-electron chi connectivity index (χ0n) is 12.2. The van der Waals surface area contributed by atoms with E-state index in [0.29, 0.717) is 0 Å². The van der Waals surface area contributed by atoms with E-state index in [-0.39, 0.29) is 11.9 Å². The molecule has 0 saturated heterocycles. The number of nitrogens with one attached hydrogen (secondary N) is 1. The van der Waals surface area contributed by atoms with Gasteiger partial charge in [-0.3, -0.25) is 11.3 Å². The molecule has 2 nitrogen and oxygen atoms in total. The molecule has 2 atom stereocenters. The Morgan fingerprint density at radius 3 is 2.42 bits per heavy atom. The van der Waals surface area contributed by atoms with Crippen molar-refractivity contribution < 1.29 is 4.39 Å². The minimum absolute atomic E-state index is 0.185. The quantitative estimate of drug-likeness (QED) is 0.527. The fourth-order valence-corrected chi connectivity index (χ4v) is 2.50. The Bertz CT molecular complexity index is 337. The lowest BCUT2D eigenvalue weighted by molar-refractivity contribution is 0.350. The number of rotatable bonds is 9. The molecule has 0 aliphatic heterocycles. The van der Waals surface area contributed by atoms with Crippen molar-refractivity contribution in [3.8, 4) is 0 Å². The van der Waals surface area contributed by atoms with Crippen LogP contribution in [0, 0.1) is 11.7 Å². The highest BCUT2D eigenvalue weighted by Crippen LogP contribution is 2.20. The van der Waals surface area contributed by atoms with Gasteiger partial charge in [0, 0.05) is 6.04 Å². The maximum atomic E-state index is 12.9. The van der Waals surface area contributed by atoms with Crippen LogP contribution < -0.4 is 11.3 Å². The smallest absolute Gasteiger partial charge is 0.123 e. The van der Waals surface area contributed by atoms with E-state index in [2.05, 4.69) is 19.3 Å². The van der Waals surface area contributed by atoms with Gasteiger partial charge in [-0.2, -0.15) is 0 Å². The van der Waals surface area contributed by atoms with Gasteiger partial charge in [0.15, 0.2) is 0 Å². The molecular weight excluding hydrogens is 239 g/mol. The van der Waals surface area contributed by atoms with Crippen LogP contribution in [0.1, 0.15) is 51.5 Å². The van der Waals surface area contributed by atoms with Crippen LogP contribution in [-0.4, -0.2) is 6.04 Å². The Kier molecular flexibility index (Phi) is 7.68. The minimum atomic E-state index is -0.185. The highest BCUT2D eigenvalue weighted by molar-refractivity contribution is 5.17. The molecule has 0 heterocycles. The first kappa shape index (κ1) is 16.1. The average molecular weight is 266 g/mol. The van der Waals surface area contributed by atoms with Gasteiger partial charge in [-0.05, 0) is 36.5 Å². The van der Waals surface area contributed by atoms with Crippen LogP contribution in [0.5, 0.6) is 0 Å². The molecule has 0 bridgehead atoms. The van der Waals surface area contributed by atoms with Gasteiger partial charge in [-0.1, -0.05) is 51.7 Å². The van der Waals surface area contributed by atoms with Crippen LogP contribution in [0.15, 0.2) is 24.3 Å². The second kappa shape index (κ2) is 9.05. The molecule has 0 saturated carbocycles. The van der Waals surface area contributed by atoms with Crippen molar-refractivity contribution in [2.24, 2.45) is 11.8 Å². The van der Waals surface area contributed by atoms with Crippen molar-refractivity contribution in [3.63, 3.8) is 0 Å². The Morgan fingerprint density at radius 1 is 1.21 bits per heavy atom. The normalized spacial score (nSPS) is 14.3. The van der Waals surface area contributed by atoms with Crippen molar-refractivity contribution in [1.29, 1.82) is 0 Å². The third-order valence-electron chi connectivity index (χ3n) is 3.79. The van der Waals surface area contributed by atoms with Crippen LogP contribution in [0.2, 0.25) is 0 Å². The highest BCUT2D eigenvalue weighted by atomic mass is 19.1. The van der Waals surface area contributed by atoms with Crippen molar-refractivity contribution in [2.45, 2.75) is 58.4 Å². The minimum Gasteiger partial charge on any atom is -0.271 e. The molecule has 0 aliphatic carbocycles. The first-order chi connectivity index (χ1) is 9.19. The molecule has 3 heteroatoms. The van der Waals surface area contributed by atoms with Crippen molar-refractivity contribution in [3.05, 3.63) is 35.6 Å². The van der Waals surface area contributed by atoms with Gasteiger partial charge < -0.3 is 0 Å². The first-order valence-corrected chi connectivity index (χ1v) is 7.40. The van der Waals surface area contributed by atoms with Crippen molar-refractivity contribution >= 4 is 0 Å². The summed E-state index contributed by atoms with van der Waals surface area (Å²) in [6, 6.07) is 6.97. The largest absolute Gasteiger partial charge is 0.271 e. The van der Waals surface area contributed by atoms with Gasteiger partial charge in [0.25, 0.3) is 0 Å². The summed E-state index contributed by atoms with van der Waals surface area (Å²) in [6.07, 6.45) is 6.95. The summed E-state index contributed by atoms with van der Waals surface area (Å²) in [5.41, 5.74) is 4.05. The molecule has 1 aromatic carbocycles. The number of nitrogens with two attached hydrogens (primary N) is 1. The fourth-order valence-electron chi connectivity index (χ4n) is 2.50. The Labute approximate surface area is 116 Å². The summed E-state index contributed by atoms with van der Waals surface area (Å²) in [7, 11) is 0. The van der Waals surface area contributed by atoms with Crippen LogP contribution >= 0.6 is 0 Å². The van der Waals surface area contributed by atoms with Crippen molar-refractivity contribution in [2.75, 3.05) is 0 Å². The third-order valence-corrected chi connectivity index (χ3v) is 3.79. The Hall–Kier alpha value is -0.930. The SMILES string of the molecule is CCCCC(CC)CC(Cc1ccc(F)cc1)NN. The van der Waals surface area contributed by atoms with Gasteiger partial charge in [0.05, 0.1) is 0 Å². The second-order valence-electron chi connectivity index (χ2n) is 5.35. The molecule has 0 amide bonds. The number of unbranched alkanes of at least 4 members (excludes halogenated alkanes) is 1. The van der Waals surface area contributed by atoms with Crippen molar-refractivity contribution in [1.82, 2.24) is 5.43 Å². The maximum absolute atomic E-state index is 12.9. The molecule has 108 valence electrons. The molecule has 0 aliphatic rings. The monoisotopic (exact) mass is 266 g/mol. The summed E-state index contributed by atoms with van der Waals surface area (Å²) in [4.78, 5) is 0. The Morgan fingerprint density at radius 2 is 1.89 bits per heavy atom. The van der Waals surface area contributed by atoms with Crippen LogP contribution in [0.4, 0.5) is 4.39 Å². The highest BCUT2D eigenvalue weighted by Gasteiger charge is 2.14. The second-order valence-corrected chi connectivity index (χ2v) is 5.35. The van der Waals surface area contributed by atoms with E-state index in [1.165, 1.54) is 37.8 Å². The summed E-state index contributed by atoms with van der Waals surface area (Å²) in [5, 5.41) is 0. The summed E-state index contributed by atoms with van der Waals surface area (Å²) in [6.45, 7) is 4.47. The van der Waals surface area contributed by atoms with Gasteiger partial charge in [-0.15, -0.1) is 0 Å². The van der Waals surface area contributed by atoms with Crippen LogP contribution in [-0.2, 0) is 6.42 Å². The maximum Gasteiger partial charge on any atom is 0.123 e. The van der Waals surface area contributed by atoms with E-state index in [9.17, 15) is 4.39 Å². The Balaban J connectivity index is 2.49. The summed E-state index contributed by atoms with van der Waals surface area (Å²) in [5.74, 6) is 6.20. The standard InChI is InChI=1S/C16H27FN2/c1-3-5-6-13(4-2)11-16(19-18)12-14-7-9-15(17)10-8-14/h7-10,13,16,19H,3-6,11-12,18H2,1-2H3. The molecule has 0 radical (unpaired) electrons. The van der Waals surface area contributed by atoms with Crippen LogP contribution in [0.25, 0.3) is 0 Å². The summed E-state index contributed by atoms with van der Waals surface area (Å²) < 4.78 is 12.9. The number of benzene rings is 1. The van der Waals surface area contributed by atoms with E-state index >= 15 is 0 Å². The molecule has 0 aromatic heterocycles. The molecule has 0 spiro atoms. The average Bonchev–Trinajstić information content (AvgIpc) is 2.44. The first-order valence-electron chi connectivity index (χ1n) is 7.40. The topological polar surface area (TPSA) is 38.0 Å². The number of halogens is 1. The zero-order chi connectivity index (χ0) is 14.1. The van der Waals surface area contributed by atoms with Gasteiger partial charge in [0.2, 0.25) is 0 Å². The fraction of sp³-hybridized carbons (Fsp3) is 0.625. The lowest BCUT2D eigenvalue weighted by atomic mass is 9.90.